The lowest BCUT2D eigenvalue weighted by Crippen LogP contribution is -2.18. The predicted molar refractivity (Wildman–Crippen MR) is 333 cm³/mol. The summed E-state index contributed by atoms with van der Waals surface area (Å²) in [6, 6.07) is 32.3. The van der Waals surface area contributed by atoms with Crippen molar-refractivity contribution in [2.24, 2.45) is 0 Å². The number of aromatic carboxylic acids is 4. The van der Waals surface area contributed by atoms with Crippen LogP contribution in [0.2, 0.25) is 0 Å². The molecular weight excluding hydrogens is 1200 g/mol. The minimum absolute atomic E-state index is 0.153. The second-order valence-corrected chi connectivity index (χ2v) is 22.4. The number of hydrogen-bond acceptors (Lipinski definition) is 21. The third-order valence-corrected chi connectivity index (χ3v) is 16.5. The van der Waals surface area contributed by atoms with Gasteiger partial charge in [0.1, 0.15) is 22.0 Å². The van der Waals surface area contributed by atoms with Gasteiger partial charge in [0.05, 0.1) is 101 Å². The van der Waals surface area contributed by atoms with E-state index >= 15 is 0 Å². The van der Waals surface area contributed by atoms with Gasteiger partial charge in [-0.15, -0.1) is 11.3 Å². The molecule has 4 aliphatic heterocycles. The number of pyridine rings is 2. The molecule has 0 unspecified atom stereocenters. The van der Waals surface area contributed by atoms with E-state index in [9.17, 15) is 19.2 Å². The molecule has 29 heteroatoms. The number of hydrogen-bond donors (Lipinski definition) is 8. The van der Waals surface area contributed by atoms with E-state index in [4.69, 9.17) is 20.4 Å². The number of aromatic nitrogens is 16. The van der Waals surface area contributed by atoms with Crippen molar-refractivity contribution in [2.75, 3.05) is 14.7 Å². The van der Waals surface area contributed by atoms with Crippen LogP contribution < -0.4 is 14.7 Å². The third kappa shape index (κ3) is 12.6. The van der Waals surface area contributed by atoms with Crippen molar-refractivity contribution < 1.29 is 39.6 Å². The second-order valence-electron chi connectivity index (χ2n) is 21.3. The maximum atomic E-state index is 11.0. The van der Waals surface area contributed by atoms with Crippen LogP contribution >= 0.6 is 11.3 Å². The zero-order valence-corrected chi connectivity index (χ0v) is 49.2. The van der Waals surface area contributed by atoms with Gasteiger partial charge in [-0.2, -0.15) is 20.4 Å². The van der Waals surface area contributed by atoms with Crippen LogP contribution in [-0.2, 0) is 58.9 Å². The zero-order valence-electron chi connectivity index (χ0n) is 48.4. The third-order valence-electron chi connectivity index (χ3n) is 15.4. The van der Waals surface area contributed by atoms with E-state index in [-0.39, 0.29) is 16.7 Å². The first-order valence-electron chi connectivity index (χ1n) is 28.5. The van der Waals surface area contributed by atoms with Crippen molar-refractivity contribution in [3.05, 3.63) is 231 Å². The molecule has 14 heterocycles. The van der Waals surface area contributed by atoms with Gasteiger partial charge in [0.15, 0.2) is 0 Å². The lowest BCUT2D eigenvalue weighted by molar-refractivity contribution is 0.0685. The largest absolute Gasteiger partial charge is 0.478 e. The number of aromatic amines is 4. The minimum Gasteiger partial charge on any atom is -0.478 e. The highest BCUT2D eigenvalue weighted by atomic mass is 32.1. The summed E-state index contributed by atoms with van der Waals surface area (Å²) in [5.41, 5.74) is 15.8. The molecular formula is C63H52N20O8S. The van der Waals surface area contributed by atoms with Crippen molar-refractivity contribution in [1.29, 1.82) is 0 Å². The van der Waals surface area contributed by atoms with Crippen LogP contribution in [0.5, 0.6) is 0 Å². The summed E-state index contributed by atoms with van der Waals surface area (Å²) in [5.74, 6) is -1.80. The van der Waals surface area contributed by atoms with Crippen LogP contribution in [0.15, 0.2) is 159 Å². The van der Waals surface area contributed by atoms with Gasteiger partial charge >= 0.3 is 23.9 Å². The zero-order chi connectivity index (χ0) is 63.2. The molecule has 0 saturated heterocycles. The number of fused-ring (bicyclic) bond motifs is 4. The Morgan fingerprint density at radius 3 is 1.24 bits per heavy atom. The van der Waals surface area contributed by atoms with Gasteiger partial charge in [-0.05, 0) is 72.3 Å². The second kappa shape index (κ2) is 25.8. The highest BCUT2D eigenvalue weighted by Gasteiger charge is 2.31. The molecule has 0 amide bonds. The Hall–Kier alpha value is -12.2. The molecule has 0 bridgehead atoms. The Kier molecular flexibility index (Phi) is 16.5. The van der Waals surface area contributed by atoms with E-state index in [1.165, 1.54) is 35.4 Å². The van der Waals surface area contributed by atoms with Crippen molar-refractivity contribution in [3.63, 3.8) is 0 Å². The molecule has 28 nitrogen and oxygen atoms in total. The lowest BCUT2D eigenvalue weighted by atomic mass is 10.1. The van der Waals surface area contributed by atoms with Crippen LogP contribution in [0.4, 0.5) is 17.8 Å². The number of rotatable bonds is 13. The number of H-pyrrole nitrogens is 4. The lowest BCUT2D eigenvalue weighted by Gasteiger charge is -2.15. The van der Waals surface area contributed by atoms with E-state index in [0.29, 0.717) is 73.4 Å². The smallest absolute Gasteiger partial charge is 0.345 e. The summed E-state index contributed by atoms with van der Waals surface area (Å²) < 4.78 is 0. The molecule has 0 aliphatic carbocycles. The highest BCUT2D eigenvalue weighted by Crippen LogP contribution is 2.37. The number of thiophene rings is 1. The average Bonchev–Trinajstić information content (AvgIpc) is 1.75. The molecule has 92 heavy (non-hydrogen) atoms. The summed E-state index contributed by atoms with van der Waals surface area (Å²) in [6.45, 7) is 6.48. The summed E-state index contributed by atoms with van der Waals surface area (Å²) in [5, 5.41) is 65.5. The monoisotopic (exact) mass is 1250 g/mol. The molecule has 458 valence electrons. The Morgan fingerprint density at radius 2 is 0.804 bits per heavy atom. The SMILES string of the molecule is O=C(O)c1ccc(-c2n[nH]c3c2CN(Cc2ccccc2)C3)nc1.O=C(O)c1ccc(-c2n[nH]c3c2CN(c2ncccn2)C3)cc1.O=C(O)c1ccc(-c2n[nH]c3c2CN(c2ncccn2)C3)nc1.O=C(O)c1ccc(-c2n[nH]c3c2CN(c2ncccn2)C3)s1. The van der Waals surface area contributed by atoms with Crippen molar-refractivity contribution in [2.45, 2.75) is 58.9 Å². The van der Waals surface area contributed by atoms with E-state index in [2.05, 4.69) is 107 Å². The van der Waals surface area contributed by atoms with Crippen molar-refractivity contribution >= 4 is 53.1 Å². The molecule has 0 radical (unpaired) electrons. The Bertz CT molecular complexity index is 4460. The van der Waals surface area contributed by atoms with Crippen LogP contribution in [-0.4, -0.2) is 130 Å². The summed E-state index contributed by atoms with van der Waals surface area (Å²) in [7, 11) is 0. The molecule has 0 fully saturated rings. The molecule has 10 aromatic heterocycles. The van der Waals surface area contributed by atoms with Crippen LogP contribution in [0.1, 0.15) is 91.3 Å². The molecule has 0 atom stereocenters. The van der Waals surface area contributed by atoms with Crippen molar-refractivity contribution in [1.82, 2.24) is 85.6 Å². The van der Waals surface area contributed by atoms with Gasteiger partial charge < -0.3 is 35.1 Å². The maximum Gasteiger partial charge on any atom is 0.345 e. The van der Waals surface area contributed by atoms with Gasteiger partial charge in [0, 0.05) is 97.0 Å². The number of carboxylic acid groups (broad SMARTS) is 4. The minimum atomic E-state index is -0.997. The van der Waals surface area contributed by atoms with E-state index < -0.39 is 23.9 Å². The quantitative estimate of drug-likeness (QED) is 0.0537. The summed E-state index contributed by atoms with van der Waals surface area (Å²) >= 11 is 1.23. The Labute approximate surface area is 525 Å². The fourth-order valence-corrected chi connectivity index (χ4v) is 11.8. The molecule has 4 aliphatic rings. The molecule has 8 N–H and O–H groups in total. The standard InChI is InChI=1S/C18H16N4O2.C16H13N5O2.C15H12N6O2.C14H11N5O2S/c23-18(24)13-6-7-15(19-8-13)17-14-10-22(11-16(14)20-21-17)9-12-4-2-1-3-5-12;22-15(23)11-4-2-10(3-5-11)14-12-8-21(9-13(12)19-20-14)16-17-6-1-7-18-16;22-14(23)9-2-3-11(18-6-9)13-10-7-21(8-12(10)19-20-13)15-16-4-1-5-17-15;20-13(21)11-3-2-10(22-11)12-8-6-19(7-9(8)17-18-12)14-15-4-1-5-16-14/h1-8H,9-11H2,(H,20,21)(H,23,24);1-7H,8-9H2,(H,19,20)(H,22,23);1-6H,7-8H2,(H,19,20)(H,22,23);1-5H,6-7H2,(H,17,18)(H,20,21). The van der Waals surface area contributed by atoms with Crippen molar-refractivity contribution in [3.8, 4) is 44.6 Å². The van der Waals surface area contributed by atoms with E-state index in [1.54, 1.807) is 110 Å². The number of carboxylic acids is 4. The normalized spacial score (nSPS) is 13.4. The first-order valence-corrected chi connectivity index (χ1v) is 29.3. The van der Waals surface area contributed by atoms with Crippen LogP contribution in [0.25, 0.3) is 44.6 Å². The number of benzene rings is 2. The van der Waals surface area contributed by atoms with Crippen LogP contribution in [0.3, 0.4) is 0 Å². The molecule has 2 aromatic carbocycles. The Morgan fingerprint density at radius 1 is 0.391 bits per heavy atom. The fraction of sp³-hybridized carbons (Fsp3) is 0.143. The number of anilines is 3. The van der Waals surface area contributed by atoms with Gasteiger partial charge in [0.25, 0.3) is 0 Å². The number of nitrogens with zero attached hydrogens (tertiary/aromatic N) is 16. The first-order chi connectivity index (χ1) is 44.9. The number of nitrogens with one attached hydrogen (secondary N) is 4. The first kappa shape index (κ1) is 58.8. The van der Waals surface area contributed by atoms with E-state index in [0.717, 1.165) is 97.9 Å². The van der Waals surface area contributed by atoms with E-state index in [1.807, 2.05) is 23.1 Å². The summed E-state index contributed by atoms with van der Waals surface area (Å²) in [6.07, 6.45) is 13.0. The van der Waals surface area contributed by atoms with Gasteiger partial charge in [-0.25, -0.2) is 49.1 Å². The van der Waals surface area contributed by atoms with Gasteiger partial charge in [0.2, 0.25) is 17.8 Å². The maximum absolute atomic E-state index is 11.0. The van der Waals surface area contributed by atoms with Gasteiger partial charge in [-0.1, -0.05) is 42.5 Å². The molecule has 0 spiro atoms. The van der Waals surface area contributed by atoms with Gasteiger partial charge in [-0.3, -0.25) is 35.3 Å². The van der Waals surface area contributed by atoms with Crippen LogP contribution in [0, 0.1) is 0 Å². The number of carbonyl (C=O) groups is 4. The predicted octanol–water partition coefficient (Wildman–Crippen LogP) is 8.40. The fourth-order valence-electron chi connectivity index (χ4n) is 10.9. The average molecular weight is 1250 g/mol. The summed E-state index contributed by atoms with van der Waals surface area (Å²) in [4.78, 5) is 87.5. The molecule has 12 aromatic rings. The Balaban J connectivity index is 0.000000112. The highest BCUT2D eigenvalue weighted by molar-refractivity contribution is 7.17. The molecule has 16 rings (SSSR count). The topological polar surface area (TPSA) is 380 Å². The molecule has 0 saturated carbocycles.